The molecule has 4 heteroatoms. The largest absolute Gasteiger partial charge is 0.396 e. The van der Waals surface area contributed by atoms with Crippen molar-refractivity contribution in [1.82, 2.24) is 5.32 Å². The number of nitrogens with one attached hydrogen (secondary N) is 1. The van der Waals surface area contributed by atoms with Gasteiger partial charge in [0.25, 0.3) is 0 Å². The van der Waals surface area contributed by atoms with Crippen molar-refractivity contribution >= 4 is 17.5 Å². The van der Waals surface area contributed by atoms with Gasteiger partial charge in [-0.15, -0.1) is 0 Å². The predicted octanol–water partition coefficient (Wildman–Crippen LogP) is 3.36. The molecule has 1 aromatic rings. The number of carbonyl (C=O) groups is 1. The summed E-state index contributed by atoms with van der Waals surface area (Å²) in [5.74, 6) is 0.0106. The summed E-state index contributed by atoms with van der Waals surface area (Å²) in [6.45, 7) is 6.18. The zero-order valence-electron chi connectivity index (χ0n) is 12.4. The third-order valence-corrected chi connectivity index (χ3v) is 3.58. The van der Waals surface area contributed by atoms with E-state index in [9.17, 15) is 4.79 Å². The second-order valence-electron chi connectivity index (χ2n) is 5.55. The topological polar surface area (TPSA) is 49.3 Å². The van der Waals surface area contributed by atoms with E-state index >= 15 is 0 Å². The maximum atomic E-state index is 12.5. The minimum atomic E-state index is -0.203. The molecule has 2 unspecified atom stereocenters. The summed E-state index contributed by atoms with van der Waals surface area (Å²) in [4.78, 5) is 12.5. The highest BCUT2D eigenvalue weighted by atomic mass is 35.5. The average Bonchev–Trinajstić information content (AvgIpc) is 2.36. The van der Waals surface area contributed by atoms with Crippen LogP contribution in [0.5, 0.6) is 0 Å². The lowest BCUT2D eigenvalue weighted by molar-refractivity contribution is -0.124. The van der Waals surface area contributed by atoms with Gasteiger partial charge in [0.2, 0.25) is 5.91 Å². The Kier molecular flexibility index (Phi) is 7.03. The Hall–Kier alpha value is -1.06. The average molecular weight is 298 g/mol. The first-order valence-corrected chi connectivity index (χ1v) is 7.50. The number of benzene rings is 1. The Balaban J connectivity index is 2.78. The lowest BCUT2D eigenvalue weighted by Gasteiger charge is -2.23. The van der Waals surface area contributed by atoms with E-state index in [1.54, 1.807) is 0 Å². The van der Waals surface area contributed by atoms with Crippen LogP contribution in [0.1, 0.15) is 45.1 Å². The number of aliphatic hydroxyl groups excluding tert-OH is 1. The fourth-order valence-electron chi connectivity index (χ4n) is 2.34. The molecular weight excluding hydrogens is 274 g/mol. The molecule has 0 bridgehead atoms. The summed E-state index contributed by atoms with van der Waals surface area (Å²) in [6, 6.07) is 7.54. The van der Waals surface area contributed by atoms with Crippen LogP contribution in [-0.4, -0.2) is 23.7 Å². The van der Waals surface area contributed by atoms with Gasteiger partial charge in [0, 0.05) is 17.7 Å². The molecule has 0 heterocycles. The molecule has 0 aromatic heterocycles. The quantitative estimate of drug-likeness (QED) is 0.811. The van der Waals surface area contributed by atoms with Crippen LogP contribution in [0.15, 0.2) is 24.3 Å². The van der Waals surface area contributed by atoms with Gasteiger partial charge in [0.1, 0.15) is 0 Å². The number of halogens is 1. The van der Waals surface area contributed by atoms with Gasteiger partial charge in [0.15, 0.2) is 0 Å². The van der Waals surface area contributed by atoms with Crippen molar-refractivity contribution in [2.24, 2.45) is 5.92 Å². The lowest BCUT2D eigenvalue weighted by Crippen LogP contribution is -2.38. The monoisotopic (exact) mass is 297 g/mol. The molecule has 0 aliphatic heterocycles. The number of rotatable bonds is 7. The van der Waals surface area contributed by atoms with Crippen LogP contribution in [0, 0.1) is 5.92 Å². The minimum absolute atomic E-state index is 0.0210. The Morgan fingerprint density at radius 2 is 2.05 bits per heavy atom. The van der Waals surface area contributed by atoms with Crippen LogP contribution in [0.25, 0.3) is 0 Å². The van der Waals surface area contributed by atoms with Gasteiger partial charge in [-0.1, -0.05) is 37.6 Å². The van der Waals surface area contributed by atoms with Gasteiger partial charge in [0.05, 0.1) is 5.92 Å². The van der Waals surface area contributed by atoms with E-state index in [0.717, 1.165) is 12.0 Å². The first-order valence-electron chi connectivity index (χ1n) is 7.12. The Bertz CT molecular complexity index is 434. The van der Waals surface area contributed by atoms with Crippen LogP contribution in [0.2, 0.25) is 5.02 Å². The molecular formula is C16H24ClNO2. The van der Waals surface area contributed by atoms with Gasteiger partial charge in [-0.2, -0.15) is 0 Å². The second-order valence-corrected chi connectivity index (χ2v) is 5.99. The highest BCUT2D eigenvalue weighted by Gasteiger charge is 2.25. The van der Waals surface area contributed by atoms with Gasteiger partial charge in [-0.3, -0.25) is 4.79 Å². The van der Waals surface area contributed by atoms with E-state index in [-0.39, 0.29) is 30.4 Å². The summed E-state index contributed by atoms with van der Waals surface area (Å²) in [7, 11) is 0. The fourth-order valence-corrected chi connectivity index (χ4v) is 2.54. The van der Waals surface area contributed by atoms with Gasteiger partial charge in [-0.05, 0) is 43.4 Å². The summed E-state index contributed by atoms with van der Waals surface area (Å²) in [6.07, 6.45) is 1.48. The maximum absolute atomic E-state index is 12.5. The number of hydrogen-bond donors (Lipinski definition) is 2. The first kappa shape index (κ1) is 17.0. The smallest absolute Gasteiger partial charge is 0.228 e. The number of hydrogen-bond acceptors (Lipinski definition) is 2. The third kappa shape index (κ3) is 5.14. The highest BCUT2D eigenvalue weighted by molar-refractivity contribution is 6.30. The zero-order chi connectivity index (χ0) is 15.1. The van der Waals surface area contributed by atoms with Gasteiger partial charge < -0.3 is 10.4 Å². The second kappa shape index (κ2) is 8.28. The zero-order valence-corrected chi connectivity index (χ0v) is 13.2. The summed E-state index contributed by atoms with van der Waals surface area (Å²) in [5.41, 5.74) is 0.944. The summed E-state index contributed by atoms with van der Waals surface area (Å²) >= 11 is 6.01. The maximum Gasteiger partial charge on any atom is 0.228 e. The van der Waals surface area contributed by atoms with E-state index in [2.05, 4.69) is 5.32 Å². The summed E-state index contributed by atoms with van der Waals surface area (Å²) in [5, 5.41) is 12.5. The molecule has 0 fully saturated rings. The van der Waals surface area contributed by atoms with Crippen molar-refractivity contribution in [2.75, 3.05) is 6.61 Å². The van der Waals surface area contributed by atoms with Crippen molar-refractivity contribution in [1.29, 1.82) is 0 Å². The van der Waals surface area contributed by atoms with Crippen LogP contribution < -0.4 is 5.32 Å². The van der Waals surface area contributed by atoms with Crippen molar-refractivity contribution < 1.29 is 9.90 Å². The molecule has 112 valence electrons. The predicted molar refractivity (Wildman–Crippen MR) is 83.0 cm³/mol. The lowest BCUT2D eigenvalue weighted by atomic mass is 9.87. The highest BCUT2D eigenvalue weighted by Crippen LogP contribution is 2.27. The van der Waals surface area contributed by atoms with E-state index in [1.165, 1.54) is 0 Å². The SMILES string of the molecule is CC(CCCO)NC(=O)C(c1cccc(Cl)c1)C(C)C. The minimum Gasteiger partial charge on any atom is -0.396 e. The van der Waals surface area contributed by atoms with Crippen molar-refractivity contribution in [2.45, 2.75) is 45.6 Å². The summed E-state index contributed by atoms with van der Waals surface area (Å²) < 4.78 is 0. The van der Waals surface area contributed by atoms with E-state index in [0.29, 0.717) is 11.4 Å². The molecule has 2 atom stereocenters. The molecule has 1 rings (SSSR count). The van der Waals surface area contributed by atoms with Crippen molar-refractivity contribution in [3.8, 4) is 0 Å². The molecule has 1 amide bonds. The van der Waals surface area contributed by atoms with E-state index in [1.807, 2.05) is 45.0 Å². The van der Waals surface area contributed by atoms with Gasteiger partial charge in [-0.25, -0.2) is 0 Å². The molecule has 1 aromatic carbocycles. The molecule has 0 saturated heterocycles. The Morgan fingerprint density at radius 3 is 2.60 bits per heavy atom. The molecule has 0 saturated carbocycles. The molecule has 0 radical (unpaired) electrons. The molecule has 0 spiro atoms. The molecule has 20 heavy (non-hydrogen) atoms. The third-order valence-electron chi connectivity index (χ3n) is 3.34. The van der Waals surface area contributed by atoms with Crippen LogP contribution in [0.3, 0.4) is 0 Å². The molecule has 0 aliphatic carbocycles. The molecule has 2 N–H and O–H groups in total. The van der Waals surface area contributed by atoms with Crippen LogP contribution in [0.4, 0.5) is 0 Å². The number of carbonyl (C=O) groups excluding carboxylic acids is 1. The number of aliphatic hydroxyl groups is 1. The Labute approximate surface area is 126 Å². The fraction of sp³-hybridized carbons (Fsp3) is 0.562. The molecule has 3 nitrogen and oxygen atoms in total. The van der Waals surface area contributed by atoms with E-state index in [4.69, 9.17) is 16.7 Å². The number of amides is 1. The normalized spacial score (nSPS) is 14.1. The van der Waals surface area contributed by atoms with Crippen molar-refractivity contribution in [3.63, 3.8) is 0 Å². The van der Waals surface area contributed by atoms with Crippen molar-refractivity contribution in [3.05, 3.63) is 34.9 Å². The Morgan fingerprint density at radius 1 is 1.35 bits per heavy atom. The van der Waals surface area contributed by atoms with Crippen LogP contribution in [-0.2, 0) is 4.79 Å². The first-order chi connectivity index (χ1) is 9.45. The van der Waals surface area contributed by atoms with Gasteiger partial charge >= 0.3 is 0 Å². The van der Waals surface area contributed by atoms with E-state index < -0.39 is 0 Å². The standard InChI is InChI=1S/C16H24ClNO2/c1-11(2)15(13-7-4-8-14(17)10-13)16(20)18-12(3)6-5-9-19/h4,7-8,10-12,15,19H,5-6,9H2,1-3H3,(H,18,20). The van der Waals surface area contributed by atoms with Crippen LogP contribution >= 0.6 is 11.6 Å². The molecule has 0 aliphatic rings.